The molecule has 1 aliphatic heterocycles. The molecule has 1 unspecified atom stereocenters. The molecule has 184 valence electrons. The third-order valence-corrected chi connectivity index (χ3v) is 7.72. The lowest BCUT2D eigenvalue weighted by Gasteiger charge is -2.31. The van der Waals surface area contributed by atoms with Gasteiger partial charge in [-0.1, -0.05) is 23.4 Å². The maximum Gasteiger partial charge on any atom is 0.248 e. The number of hydrogen-bond donors (Lipinski definition) is 1. The minimum atomic E-state index is -4.13. The number of piperidine rings is 1. The molecular weight excluding hydrogens is 483 g/mol. The zero-order chi connectivity index (χ0) is 25.2. The van der Waals surface area contributed by atoms with Crippen molar-refractivity contribution in [1.82, 2.24) is 9.46 Å². The van der Waals surface area contributed by atoms with Gasteiger partial charge in [-0.25, -0.2) is 21.6 Å². The normalized spacial score (nSPS) is 17.1. The van der Waals surface area contributed by atoms with Crippen LogP contribution in [0.4, 0.5) is 18.9 Å². The molecule has 7 nitrogen and oxygen atoms in total. The number of amides is 1. The summed E-state index contributed by atoms with van der Waals surface area (Å²) in [6.07, 6.45) is 3.46. The second-order valence-electron chi connectivity index (χ2n) is 8.13. The number of rotatable bonds is 6. The molecule has 0 bridgehead atoms. The van der Waals surface area contributed by atoms with Gasteiger partial charge in [-0.2, -0.15) is 4.31 Å². The average molecular weight is 506 g/mol. The first kappa shape index (κ1) is 24.7. The summed E-state index contributed by atoms with van der Waals surface area (Å²) in [6.45, 7) is 1.46. The molecule has 0 spiro atoms. The molecule has 1 fully saturated rings. The molecule has 0 saturated carbocycles. The highest BCUT2D eigenvalue weighted by atomic mass is 32.2. The monoisotopic (exact) mass is 505 g/mol. The Hall–Kier alpha value is -3.44. The number of carbonyl (C=O) groups excluding carboxylic acids is 1. The minimum absolute atomic E-state index is 0.0702. The molecule has 0 radical (unpaired) electrons. The summed E-state index contributed by atoms with van der Waals surface area (Å²) in [6, 6.07) is 8.66. The summed E-state index contributed by atoms with van der Waals surface area (Å²) >= 11 is 0. The molecule has 1 atom stereocenters. The molecule has 2 aromatic carbocycles. The van der Waals surface area contributed by atoms with Crippen LogP contribution >= 0.6 is 0 Å². The first-order valence-corrected chi connectivity index (χ1v) is 12.3. The Morgan fingerprint density at radius 1 is 1.14 bits per heavy atom. The molecule has 35 heavy (non-hydrogen) atoms. The van der Waals surface area contributed by atoms with Crippen molar-refractivity contribution < 1.29 is 30.9 Å². The molecule has 0 aliphatic carbocycles. The van der Waals surface area contributed by atoms with E-state index in [0.717, 1.165) is 22.5 Å². The molecule has 3 aromatic rings. The van der Waals surface area contributed by atoms with Crippen LogP contribution in [-0.4, -0.2) is 36.9 Å². The number of anilines is 1. The number of aromatic nitrogens is 1. The number of halogens is 3. The van der Waals surface area contributed by atoms with E-state index >= 15 is 0 Å². The van der Waals surface area contributed by atoms with Crippen molar-refractivity contribution in [2.45, 2.75) is 24.7 Å². The van der Waals surface area contributed by atoms with E-state index in [0.29, 0.717) is 12.8 Å². The lowest BCUT2D eigenvalue weighted by Crippen LogP contribution is -2.44. The fourth-order valence-electron chi connectivity index (χ4n) is 3.91. The summed E-state index contributed by atoms with van der Waals surface area (Å²) in [5, 5.41) is 6.10. The molecule has 4 rings (SSSR count). The van der Waals surface area contributed by atoms with Crippen molar-refractivity contribution in [3.8, 4) is 0 Å². The molecule has 1 aliphatic rings. The van der Waals surface area contributed by atoms with Crippen LogP contribution in [0, 0.1) is 30.3 Å². The number of benzene rings is 2. The van der Waals surface area contributed by atoms with Crippen molar-refractivity contribution in [1.29, 1.82) is 0 Å². The maximum atomic E-state index is 13.9. The van der Waals surface area contributed by atoms with E-state index in [9.17, 15) is 26.4 Å². The Balaban J connectivity index is 1.55. The van der Waals surface area contributed by atoms with Gasteiger partial charge in [0.15, 0.2) is 10.7 Å². The zero-order valence-electron chi connectivity index (χ0n) is 18.7. The number of nitrogens with zero attached hydrogens (tertiary/aromatic N) is 2. The average Bonchev–Trinajstić information content (AvgIpc) is 3.22. The summed E-state index contributed by atoms with van der Waals surface area (Å²) in [7, 11) is -4.13. The third-order valence-electron chi connectivity index (χ3n) is 5.69. The highest BCUT2D eigenvalue weighted by molar-refractivity contribution is 7.89. The van der Waals surface area contributed by atoms with Gasteiger partial charge in [-0.05, 0) is 50.1 Å². The van der Waals surface area contributed by atoms with Crippen LogP contribution in [0.15, 0.2) is 51.9 Å². The van der Waals surface area contributed by atoms with Crippen LogP contribution in [0.25, 0.3) is 12.2 Å². The molecule has 2 heterocycles. The molecule has 11 heteroatoms. The lowest BCUT2D eigenvalue weighted by atomic mass is 9.98. The SMILES string of the molecule is Cc1noc(C=Cc2ccccc2F)c1S(=O)(=O)N1CCCC(C(=O)Nc2cc(F)ccc2F)C1. The highest BCUT2D eigenvalue weighted by Gasteiger charge is 2.37. The fourth-order valence-corrected chi connectivity index (χ4v) is 5.68. The zero-order valence-corrected chi connectivity index (χ0v) is 19.5. The summed E-state index contributed by atoms with van der Waals surface area (Å²) in [4.78, 5) is 12.5. The van der Waals surface area contributed by atoms with E-state index in [1.54, 1.807) is 6.07 Å². The van der Waals surface area contributed by atoms with Gasteiger partial charge in [-0.3, -0.25) is 4.79 Å². The van der Waals surface area contributed by atoms with Gasteiger partial charge in [0.1, 0.15) is 23.1 Å². The quantitative estimate of drug-likeness (QED) is 0.528. The maximum absolute atomic E-state index is 13.9. The van der Waals surface area contributed by atoms with E-state index in [1.807, 2.05) is 0 Å². The lowest BCUT2D eigenvalue weighted by molar-refractivity contribution is -0.120. The van der Waals surface area contributed by atoms with Crippen LogP contribution in [0.2, 0.25) is 0 Å². The first-order valence-electron chi connectivity index (χ1n) is 10.8. The van der Waals surface area contributed by atoms with E-state index in [4.69, 9.17) is 4.52 Å². The predicted molar refractivity (Wildman–Crippen MR) is 123 cm³/mol. The predicted octanol–water partition coefficient (Wildman–Crippen LogP) is 4.61. The summed E-state index contributed by atoms with van der Waals surface area (Å²) < 4.78 is 74.6. The van der Waals surface area contributed by atoms with E-state index in [-0.39, 0.29) is 40.7 Å². The standard InChI is InChI=1S/C24H22F3N3O4S/c1-15-23(22(34-29-15)11-8-16-5-2-3-7-19(16)26)35(32,33)30-12-4-6-17(14-30)24(31)28-21-13-18(25)9-10-20(21)27/h2-3,5,7-11,13,17H,4,6,12,14H2,1H3,(H,28,31). The van der Waals surface area contributed by atoms with Crippen molar-refractivity contribution in [3.63, 3.8) is 0 Å². The van der Waals surface area contributed by atoms with Gasteiger partial charge in [0, 0.05) is 24.7 Å². The Morgan fingerprint density at radius 3 is 2.69 bits per heavy atom. The molecular formula is C24H22F3N3O4S. The highest BCUT2D eigenvalue weighted by Crippen LogP contribution is 2.30. The Labute approximate surface area is 200 Å². The molecule has 1 aromatic heterocycles. The van der Waals surface area contributed by atoms with Gasteiger partial charge >= 0.3 is 0 Å². The number of sulfonamides is 1. The molecule has 1 saturated heterocycles. The van der Waals surface area contributed by atoms with Gasteiger partial charge in [0.25, 0.3) is 0 Å². The number of nitrogens with one attached hydrogen (secondary N) is 1. The number of carbonyl (C=O) groups is 1. The topological polar surface area (TPSA) is 92.5 Å². The van der Waals surface area contributed by atoms with E-state index < -0.39 is 39.3 Å². The van der Waals surface area contributed by atoms with Crippen LogP contribution in [0.3, 0.4) is 0 Å². The Kier molecular flexibility index (Phi) is 7.08. The van der Waals surface area contributed by atoms with Gasteiger partial charge < -0.3 is 9.84 Å². The van der Waals surface area contributed by atoms with Crippen molar-refractivity contribution in [2.24, 2.45) is 5.92 Å². The van der Waals surface area contributed by atoms with Crippen LogP contribution in [0.5, 0.6) is 0 Å². The summed E-state index contributed by atoms with van der Waals surface area (Å²) in [5.74, 6) is -3.46. The van der Waals surface area contributed by atoms with Gasteiger partial charge in [0.2, 0.25) is 15.9 Å². The second kappa shape index (κ2) is 10.0. The number of aryl methyl sites for hydroxylation is 1. The van der Waals surface area contributed by atoms with Crippen molar-refractivity contribution in [2.75, 3.05) is 18.4 Å². The van der Waals surface area contributed by atoms with Crippen molar-refractivity contribution in [3.05, 3.63) is 76.9 Å². The van der Waals surface area contributed by atoms with Crippen LogP contribution in [0.1, 0.15) is 29.9 Å². The first-order chi connectivity index (χ1) is 16.7. The smallest absolute Gasteiger partial charge is 0.248 e. The largest absolute Gasteiger partial charge is 0.355 e. The van der Waals surface area contributed by atoms with Crippen LogP contribution in [-0.2, 0) is 14.8 Å². The van der Waals surface area contributed by atoms with E-state index in [2.05, 4.69) is 10.5 Å². The Bertz CT molecular complexity index is 1390. The van der Waals surface area contributed by atoms with Crippen molar-refractivity contribution >= 4 is 33.8 Å². The third kappa shape index (κ3) is 5.30. The second-order valence-corrected chi connectivity index (χ2v) is 10.0. The van der Waals surface area contributed by atoms with Gasteiger partial charge in [0.05, 0.1) is 11.6 Å². The Morgan fingerprint density at radius 2 is 1.91 bits per heavy atom. The molecule has 1 amide bonds. The van der Waals surface area contributed by atoms with Crippen LogP contribution < -0.4 is 5.32 Å². The fraction of sp³-hybridized carbons (Fsp3) is 0.250. The number of hydrogen-bond acceptors (Lipinski definition) is 5. The molecule has 1 N–H and O–H groups in total. The minimum Gasteiger partial charge on any atom is -0.355 e. The summed E-state index contributed by atoms with van der Waals surface area (Å²) in [5.41, 5.74) is 0.0428. The van der Waals surface area contributed by atoms with E-state index in [1.165, 1.54) is 37.3 Å². The van der Waals surface area contributed by atoms with Gasteiger partial charge in [-0.15, -0.1) is 0 Å².